The highest BCUT2D eigenvalue weighted by Gasteiger charge is 2.31. The van der Waals surface area contributed by atoms with Gasteiger partial charge in [-0.05, 0) is 18.9 Å². The Bertz CT molecular complexity index is 509. The summed E-state index contributed by atoms with van der Waals surface area (Å²) in [6.45, 7) is 7.69. The highest BCUT2D eigenvalue weighted by atomic mass is 32.2. The first-order valence-electron chi connectivity index (χ1n) is 6.86. The maximum atomic E-state index is 12.0. The number of aryl methyl sites for hydroxylation is 1. The molecule has 1 N–H and O–H groups in total. The van der Waals surface area contributed by atoms with Crippen molar-refractivity contribution in [2.24, 2.45) is 0 Å². The molecular formula is C16H28BO4S. The number of hydrogen-bond acceptors (Lipinski definition) is 3. The Labute approximate surface area is 137 Å². The lowest BCUT2D eigenvalue weighted by atomic mass is 10.2. The molecular weight excluding hydrogens is 299 g/mol. The van der Waals surface area contributed by atoms with Crippen LogP contribution in [0.3, 0.4) is 0 Å². The Balaban J connectivity index is -0.000000864. The zero-order valence-electron chi connectivity index (χ0n) is 13.2. The largest absolute Gasteiger partial charge is 0.480 e. The highest BCUT2D eigenvalue weighted by Crippen LogP contribution is 2.16. The van der Waals surface area contributed by atoms with E-state index < -0.39 is 21.1 Å². The lowest BCUT2D eigenvalue weighted by Gasteiger charge is -2.12. The zero-order valence-corrected chi connectivity index (χ0v) is 14.0. The predicted octanol–water partition coefficient (Wildman–Crippen LogP) is 3.44. The Hall–Kier alpha value is -1.30. The molecule has 0 bridgehead atoms. The lowest BCUT2D eigenvalue weighted by Crippen LogP contribution is -2.31. The molecule has 0 aromatic heterocycles. The second-order valence-corrected chi connectivity index (χ2v) is 6.59. The van der Waals surface area contributed by atoms with Crippen LogP contribution in [0.2, 0.25) is 0 Å². The molecule has 0 aliphatic rings. The third kappa shape index (κ3) is 8.22. The predicted molar refractivity (Wildman–Crippen MR) is 94.0 cm³/mol. The summed E-state index contributed by atoms with van der Waals surface area (Å²) in [5.41, 5.74) is 1.67. The van der Waals surface area contributed by atoms with Gasteiger partial charge in [0.15, 0.2) is 15.1 Å². The molecule has 1 unspecified atom stereocenters. The Morgan fingerprint density at radius 2 is 1.64 bits per heavy atom. The van der Waals surface area contributed by atoms with Crippen LogP contribution in [0.4, 0.5) is 0 Å². The molecule has 0 amide bonds. The number of sulfone groups is 1. The molecule has 0 aliphatic carbocycles. The minimum absolute atomic E-state index is 0. The van der Waals surface area contributed by atoms with Crippen LogP contribution in [0, 0.1) is 6.92 Å². The first-order chi connectivity index (χ1) is 9.36. The van der Waals surface area contributed by atoms with Crippen molar-refractivity contribution in [2.75, 3.05) is 0 Å². The average molecular weight is 327 g/mol. The number of rotatable bonds is 6. The number of carboxylic acid groups (broad SMARTS) is 1. The fourth-order valence-corrected chi connectivity index (χ4v) is 3.50. The van der Waals surface area contributed by atoms with E-state index in [0.717, 1.165) is 5.56 Å². The first kappa shape index (κ1) is 25.6. The fraction of sp³-hybridized carbons (Fsp3) is 0.562. The summed E-state index contributed by atoms with van der Waals surface area (Å²) in [5, 5.41) is 7.68. The van der Waals surface area contributed by atoms with Gasteiger partial charge < -0.3 is 5.11 Å². The van der Waals surface area contributed by atoms with Crippen molar-refractivity contribution in [1.29, 1.82) is 0 Å². The monoisotopic (exact) mass is 327 g/mol. The Kier molecular flexibility index (Phi) is 14.3. The van der Waals surface area contributed by atoms with Crippen molar-refractivity contribution in [3.8, 4) is 0 Å². The summed E-state index contributed by atoms with van der Waals surface area (Å²) in [7, 11) is -3.65. The molecule has 0 aliphatic heterocycles. The Morgan fingerprint density at radius 3 is 2.00 bits per heavy atom. The molecule has 0 fully saturated rings. The molecule has 0 saturated heterocycles. The number of aliphatic carboxylic acids is 1. The van der Waals surface area contributed by atoms with Gasteiger partial charge in [0.2, 0.25) is 0 Å². The second kappa shape index (κ2) is 12.3. The number of carboxylic acids is 1. The van der Waals surface area contributed by atoms with Gasteiger partial charge in [-0.1, -0.05) is 64.4 Å². The second-order valence-electron chi connectivity index (χ2n) is 4.41. The maximum Gasteiger partial charge on any atom is 0.321 e. The lowest BCUT2D eigenvalue weighted by molar-refractivity contribution is -0.136. The van der Waals surface area contributed by atoms with E-state index in [1.165, 1.54) is 0 Å². The summed E-state index contributed by atoms with van der Waals surface area (Å²) in [5.74, 6) is -1.48. The summed E-state index contributed by atoms with van der Waals surface area (Å²) >= 11 is 0. The summed E-state index contributed by atoms with van der Waals surface area (Å²) in [4.78, 5) is 11.0. The Morgan fingerprint density at radius 1 is 1.18 bits per heavy atom. The van der Waals surface area contributed by atoms with Gasteiger partial charge in [-0.25, -0.2) is 8.42 Å². The van der Waals surface area contributed by atoms with E-state index >= 15 is 0 Å². The van der Waals surface area contributed by atoms with Gasteiger partial charge in [0.05, 0.1) is 5.75 Å². The van der Waals surface area contributed by atoms with Crippen LogP contribution < -0.4 is 0 Å². The van der Waals surface area contributed by atoms with Gasteiger partial charge in [-0.2, -0.15) is 0 Å². The van der Waals surface area contributed by atoms with E-state index in [9.17, 15) is 13.2 Å². The summed E-state index contributed by atoms with van der Waals surface area (Å²) < 4.78 is 24.1. The van der Waals surface area contributed by atoms with Crippen LogP contribution in [-0.4, -0.2) is 33.2 Å². The third-order valence-corrected chi connectivity index (χ3v) is 4.79. The van der Waals surface area contributed by atoms with Gasteiger partial charge >= 0.3 is 5.97 Å². The van der Waals surface area contributed by atoms with Crippen LogP contribution >= 0.6 is 0 Å². The molecule has 1 rings (SSSR count). The summed E-state index contributed by atoms with van der Waals surface area (Å²) in [6, 6.07) is 7.08. The van der Waals surface area contributed by atoms with E-state index in [1.54, 1.807) is 19.1 Å². The van der Waals surface area contributed by atoms with E-state index in [1.807, 2.05) is 32.9 Å². The van der Waals surface area contributed by atoms with E-state index in [2.05, 4.69) is 0 Å². The van der Waals surface area contributed by atoms with Gasteiger partial charge in [-0.3, -0.25) is 4.79 Å². The molecule has 4 nitrogen and oxygen atoms in total. The van der Waals surface area contributed by atoms with Crippen LogP contribution in [0.5, 0.6) is 0 Å². The normalized spacial score (nSPS) is 11.1. The molecule has 22 heavy (non-hydrogen) atoms. The van der Waals surface area contributed by atoms with E-state index in [-0.39, 0.29) is 28.0 Å². The number of benzene rings is 1. The average Bonchev–Trinajstić information content (AvgIpc) is 2.40. The van der Waals surface area contributed by atoms with Crippen LogP contribution in [-0.2, 0) is 20.4 Å². The van der Waals surface area contributed by atoms with Crippen molar-refractivity contribution in [2.45, 2.75) is 59.0 Å². The van der Waals surface area contributed by atoms with Crippen molar-refractivity contribution >= 4 is 24.2 Å². The van der Waals surface area contributed by atoms with Crippen LogP contribution in [0.1, 0.15) is 52.2 Å². The van der Waals surface area contributed by atoms with Crippen molar-refractivity contribution in [3.63, 3.8) is 0 Å². The smallest absolute Gasteiger partial charge is 0.321 e. The van der Waals surface area contributed by atoms with Crippen LogP contribution in [0.25, 0.3) is 0 Å². The minimum atomic E-state index is -3.65. The topological polar surface area (TPSA) is 71.4 Å². The molecule has 1 atom stereocenters. The molecule has 3 radical (unpaired) electrons. The molecule has 1 aromatic rings. The highest BCUT2D eigenvalue weighted by molar-refractivity contribution is 7.92. The standard InChI is InChI=1S/C13H18O4S.C2H6.CH4.B/c1-3-4-12(13(14)15)18(16,17)9-11-7-5-10(2)6-8-11;1-2;;/h5-8,12H,3-4,9H2,1-2H3,(H,14,15);1-2H3;1H4;. The molecule has 0 saturated carbocycles. The van der Waals surface area contributed by atoms with Crippen molar-refractivity contribution < 1.29 is 18.3 Å². The van der Waals surface area contributed by atoms with Gasteiger partial charge in [0, 0.05) is 8.41 Å². The van der Waals surface area contributed by atoms with Crippen molar-refractivity contribution in [1.82, 2.24) is 0 Å². The maximum absolute atomic E-state index is 12.0. The van der Waals surface area contributed by atoms with E-state index in [0.29, 0.717) is 12.0 Å². The SMILES string of the molecule is C.CC.CCCC(C(=O)O)S(=O)(=O)Cc1ccc(C)cc1.[B]. The molecule has 125 valence electrons. The van der Waals surface area contributed by atoms with Gasteiger partial charge in [0.1, 0.15) is 0 Å². The number of carbonyl (C=O) groups is 1. The quantitative estimate of drug-likeness (QED) is 0.813. The van der Waals surface area contributed by atoms with Crippen molar-refractivity contribution in [3.05, 3.63) is 35.4 Å². The van der Waals surface area contributed by atoms with Gasteiger partial charge in [-0.15, -0.1) is 0 Å². The molecule has 0 spiro atoms. The molecule has 1 aromatic carbocycles. The zero-order chi connectivity index (χ0) is 15.8. The molecule has 0 heterocycles. The summed E-state index contributed by atoms with van der Waals surface area (Å²) in [6.07, 6.45) is 0.688. The number of hydrogen-bond donors (Lipinski definition) is 1. The molecule has 6 heteroatoms. The fourth-order valence-electron chi connectivity index (χ4n) is 1.74. The van der Waals surface area contributed by atoms with E-state index in [4.69, 9.17) is 5.11 Å². The van der Waals surface area contributed by atoms with Gasteiger partial charge in [0.25, 0.3) is 0 Å². The third-order valence-electron chi connectivity index (χ3n) is 2.75. The first-order valence-corrected chi connectivity index (χ1v) is 8.58. The minimum Gasteiger partial charge on any atom is -0.480 e. The van der Waals surface area contributed by atoms with Crippen LogP contribution in [0.15, 0.2) is 24.3 Å².